The molecule has 6 nitrogen and oxygen atoms in total. The zero-order chi connectivity index (χ0) is 18.2. The van der Waals surface area contributed by atoms with E-state index in [1.807, 2.05) is 30.3 Å². The topological polar surface area (TPSA) is 79.8 Å². The van der Waals surface area contributed by atoms with Crippen molar-refractivity contribution >= 4 is 23.2 Å². The first-order chi connectivity index (χ1) is 12.7. The van der Waals surface area contributed by atoms with E-state index in [-0.39, 0.29) is 5.78 Å². The molecule has 0 spiro atoms. The van der Waals surface area contributed by atoms with Crippen LogP contribution < -0.4 is 10.6 Å². The van der Waals surface area contributed by atoms with E-state index in [2.05, 4.69) is 37.9 Å². The number of nitrogens with one attached hydrogen (secondary N) is 2. The van der Waals surface area contributed by atoms with Gasteiger partial charge in [-0.15, -0.1) is 5.10 Å². The summed E-state index contributed by atoms with van der Waals surface area (Å²) in [5.74, 6) is 1.13. The third-order valence-electron chi connectivity index (χ3n) is 3.89. The Morgan fingerprint density at radius 1 is 1.04 bits per heavy atom. The summed E-state index contributed by atoms with van der Waals surface area (Å²) in [5, 5.41) is 14.3. The maximum atomic E-state index is 11.3. The van der Waals surface area contributed by atoms with Crippen LogP contribution in [0.1, 0.15) is 29.3 Å². The van der Waals surface area contributed by atoms with Gasteiger partial charge in [0.25, 0.3) is 0 Å². The van der Waals surface area contributed by atoms with Crippen LogP contribution in [-0.2, 0) is 6.42 Å². The summed E-state index contributed by atoms with van der Waals surface area (Å²) in [4.78, 5) is 15.7. The van der Waals surface area contributed by atoms with Gasteiger partial charge in [0.2, 0.25) is 5.95 Å². The number of anilines is 3. The Morgan fingerprint density at radius 2 is 1.81 bits per heavy atom. The average Bonchev–Trinajstić information content (AvgIpc) is 2.67. The lowest BCUT2D eigenvalue weighted by Crippen LogP contribution is -2.08. The lowest BCUT2D eigenvalue weighted by atomic mass is 10.1. The van der Waals surface area contributed by atoms with E-state index in [9.17, 15) is 4.79 Å². The van der Waals surface area contributed by atoms with Gasteiger partial charge >= 0.3 is 0 Å². The van der Waals surface area contributed by atoms with Crippen LogP contribution in [0.3, 0.4) is 0 Å². The van der Waals surface area contributed by atoms with Crippen LogP contribution in [0.5, 0.6) is 0 Å². The zero-order valence-corrected chi connectivity index (χ0v) is 14.6. The number of carbonyl (C=O) groups is 1. The Kier molecular flexibility index (Phi) is 5.88. The molecule has 0 unspecified atom stereocenters. The summed E-state index contributed by atoms with van der Waals surface area (Å²) < 4.78 is 0. The summed E-state index contributed by atoms with van der Waals surface area (Å²) >= 11 is 0. The molecule has 0 aliphatic carbocycles. The molecule has 3 rings (SSSR count). The van der Waals surface area contributed by atoms with Crippen LogP contribution in [0, 0.1) is 0 Å². The van der Waals surface area contributed by atoms with Gasteiger partial charge in [0.1, 0.15) is 0 Å². The number of hydrogen-bond donors (Lipinski definition) is 2. The molecule has 0 aliphatic heterocycles. The first-order valence-corrected chi connectivity index (χ1v) is 8.56. The second-order valence-corrected chi connectivity index (χ2v) is 5.94. The van der Waals surface area contributed by atoms with E-state index in [1.54, 1.807) is 25.3 Å². The average molecular weight is 347 g/mol. The largest absolute Gasteiger partial charge is 0.353 e. The first kappa shape index (κ1) is 17.5. The molecule has 1 aromatic heterocycles. The van der Waals surface area contributed by atoms with Gasteiger partial charge in [-0.3, -0.25) is 4.79 Å². The Morgan fingerprint density at radius 3 is 2.54 bits per heavy atom. The molecule has 6 heteroatoms. The lowest BCUT2D eigenvalue weighted by molar-refractivity contribution is 0.101. The molecule has 0 atom stereocenters. The molecule has 132 valence electrons. The summed E-state index contributed by atoms with van der Waals surface area (Å²) in [6.07, 6.45) is 3.55. The van der Waals surface area contributed by atoms with Crippen molar-refractivity contribution in [3.05, 3.63) is 71.9 Å². The second kappa shape index (κ2) is 8.71. The van der Waals surface area contributed by atoms with Crippen LogP contribution in [0.2, 0.25) is 0 Å². The number of aryl methyl sites for hydroxylation is 1. The first-order valence-electron chi connectivity index (χ1n) is 8.56. The third kappa shape index (κ3) is 5.11. The fourth-order valence-electron chi connectivity index (χ4n) is 2.51. The van der Waals surface area contributed by atoms with E-state index in [0.29, 0.717) is 17.3 Å². The van der Waals surface area contributed by atoms with E-state index in [1.165, 1.54) is 5.56 Å². The highest BCUT2D eigenvalue weighted by atomic mass is 16.1. The molecule has 0 bridgehead atoms. The Hall–Kier alpha value is -3.28. The Bertz CT molecular complexity index is 850. The van der Waals surface area contributed by atoms with Crippen molar-refractivity contribution in [3.8, 4) is 0 Å². The molecule has 2 N–H and O–H groups in total. The highest BCUT2D eigenvalue weighted by Crippen LogP contribution is 2.15. The van der Waals surface area contributed by atoms with Crippen molar-refractivity contribution in [1.29, 1.82) is 0 Å². The molecule has 0 saturated carbocycles. The van der Waals surface area contributed by atoms with Gasteiger partial charge in [0.15, 0.2) is 11.6 Å². The molecule has 0 fully saturated rings. The van der Waals surface area contributed by atoms with Crippen LogP contribution >= 0.6 is 0 Å². The minimum atomic E-state index is 0.0437. The predicted octanol–water partition coefficient (Wildman–Crippen LogP) is 3.86. The number of rotatable bonds is 8. The van der Waals surface area contributed by atoms with Gasteiger partial charge in [-0.1, -0.05) is 30.3 Å². The van der Waals surface area contributed by atoms with Crippen LogP contribution in [0.25, 0.3) is 0 Å². The minimum Gasteiger partial charge on any atom is -0.353 e. The van der Waals surface area contributed by atoms with Crippen molar-refractivity contribution in [1.82, 2.24) is 15.2 Å². The van der Waals surface area contributed by atoms with Gasteiger partial charge in [-0.25, -0.2) is 0 Å². The fourth-order valence-corrected chi connectivity index (χ4v) is 2.51. The number of aromatic nitrogens is 3. The molecule has 0 amide bonds. The molecule has 0 radical (unpaired) electrons. The van der Waals surface area contributed by atoms with Crippen LogP contribution in [0.4, 0.5) is 17.5 Å². The van der Waals surface area contributed by atoms with Crippen molar-refractivity contribution < 1.29 is 4.79 Å². The normalized spacial score (nSPS) is 10.3. The van der Waals surface area contributed by atoms with Gasteiger partial charge < -0.3 is 10.6 Å². The van der Waals surface area contributed by atoms with E-state index >= 15 is 0 Å². The zero-order valence-electron chi connectivity index (χ0n) is 14.6. The highest BCUT2D eigenvalue weighted by molar-refractivity contribution is 5.94. The standard InChI is InChI=1S/C20H21N5O/c1-15(26)17-9-11-18(12-10-17)23-19-14-22-25-20(24-19)21-13-5-8-16-6-3-2-4-7-16/h2-4,6-7,9-12,14H,5,8,13H2,1H3,(H2,21,23,24,25). The minimum absolute atomic E-state index is 0.0437. The Labute approximate surface area is 152 Å². The monoisotopic (exact) mass is 347 g/mol. The molecule has 26 heavy (non-hydrogen) atoms. The summed E-state index contributed by atoms with van der Waals surface area (Å²) in [5.41, 5.74) is 2.83. The highest BCUT2D eigenvalue weighted by Gasteiger charge is 2.03. The summed E-state index contributed by atoms with van der Waals surface area (Å²) in [6, 6.07) is 17.6. The molecule has 3 aromatic rings. The Balaban J connectivity index is 1.52. The number of nitrogens with zero attached hydrogens (tertiary/aromatic N) is 3. The SMILES string of the molecule is CC(=O)c1ccc(Nc2cnnc(NCCCc3ccccc3)n2)cc1. The third-order valence-corrected chi connectivity index (χ3v) is 3.89. The van der Waals surface area contributed by atoms with E-state index < -0.39 is 0 Å². The summed E-state index contributed by atoms with van der Waals surface area (Å²) in [6.45, 7) is 2.32. The molecular formula is C20H21N5O. The van der Waals surface area contributed by atoms with E-state index in [4.69, 9.17) is 0 Å². The number of benzene rings is 2. The number of carbonyl (C=O) groups excluding carboxylic acids is 1. The quantitative estimate of drug-likeness (QED) is 0.476. The number of Topliss-reactive ketones (excluding diaryl/α,β-unsaturated/α-hetero) is 1. The molecule has 2 aromatic carbocycles. The maximum absolute atomic E-state index is 11.3. The molecule has 0 aliphatic rings. The molecular weight excluding hydrogens is 326 g/mol. The molecule has 0 saturated heterocycles. The smallest absolute Gasteiger partial charge is 0.244 e. The van der Waals surface area contributed by atoms with Crippen molar-refractivity contribution in [3.63, 3.8) is 0 Å². The number of ketones is 1. The van der Waals surface area contributed by atoms with Crippen LogP contribution in [-0.4, -0.2) is 27.5 Å². The fraction of sp³-hybridized carbons (Fsp3) is 0.200. The van der Waals surface area contributed by atoms with Gasteiger partial charge in [0, 0.05) is 17.8 Å². The summed E-state index contributed by atoms with van der Waals surface area (Å²) in [7, 11) is 0. The van der Waals surface area contributed by atoms with Gasteiger partial charge in [0.05, 0.1) is 6.20 Å². The predicted molar refractivity (Wildman–Crippen MR) is 103 cm³/mol. The number of hydrogen-bond acceptors (Lipinski definition) is 6. The molecule has 1 heterocycles. The lowest BCUT2D eigenvalue weighted by Gasteiger charge is -2.08. The van der Waals surface area contributed by atoms with Gasteiger partial charge in [-0.05, 0) is 49.6 Å². The van der Waals surface area contributed by atoms with Crippen LogP contribution in [0.15, 0.2) is 60.8 Å². The van der Waals surface area contributed by atoms with E-state index in [0.717, 1.165) is 25.1 Å². The van der Waals surface area contributed by atoms with Crippen molar-refractivity contribution in [2.45, 2.75) is 19.8 Å². The van der Waals surface area contributed by atoms with Gasteiger partial charge in [-0.2, -0.15) is 10.1 Å². The maximum Gasteiger partial charge on any atom is 0.244 e. The van der Waals surface area contributed by atoms with Crippen molar-refractivity contribution in [2.75, 3.05) is 17.2 Å². The van der Waals surface area contributed by atoms with Crippen molar-refractivity contribution in [2.24, 2.45) is 0 Å². The second-order valence-electron chi connectivity index (χ2n) is 5.94.